The van der Waals surface area contributed by atoms with Gasteiger partial charge in [0.2, 0.25) is 11.8 Å². The molecule has 3 aromatic carbocycles. The quantitative estimate of drug-likeness (QED) is 0.0709. The van der Waals surface area contributed by atoms with Gasteiger partial charge in [0.1, 0.15) is 46.8 Å². The number of ether oxygens (including phenoxy) is 2. The van der Waals surface area contributed by atoms with Crippen molar-refractivity contribution in [2.45, 2.75) is 96.0 Å². The lowest BCUT2D eigenvalue weighted by atomic mass is 9.91. The van der Waals surface area contributed by atoms with Crippen LogP contribution in [-0.4, -0.2) is 124 Å². The molecule has 0 saturated carbocycles. The second-order valence-corrected chi connectivity index (χ2v) is 23.6. The van der Waals surface area contributed by atoms with E-state index in [0.717, 1.165) is 71.8 Å². The molecule has 0 aliphatic carbocycles. The van der Waals surface area contributed by atoms with Gasteiger partial charge in [-0.25, -0.2) is 13.8 Å². The molecule has 0 radical (unpaired) electrons. The van der Waals surface area contributed by atoms with Gasteiger partial charge >= 0.3 is 6.01 Å². The number of halogens is 3. The number of nitrogens with two attached hydrogens (primary N) is 1. The van der Waals surface area contributed by atoms with E-state index in [1.165, 1.54) is 17.0 Å². The van der Waals surface area contributed by atoms with Crippen LogP contribution in [0, 0.1) is 41.7 Å². The topological polar surface area (TPSA) is 221 Å². The third-order valence-corrected chi connectivity index (χ3v) is 18.1. The van der Waals surface area contributed by atoms with E-state index in [9.17, 15) is 20.0 Å². The number of nitriles is 1. The van der Waals surface area contributed by atoms with E-state index in [0.29, 0.717) is 43.2 Å². The minimum atomic E-state index is -0.863. The summed E-state index contributed by atoms with van der Waals surface area (Å²) in [7, 11) is 0. The Kier molecular flexibility index (Phi) is 15.3. The van der Waals surface area contributed by atoms with Crippen LogP contribution >= 0.6 is 34.3 Å². The molecule has 11 rings (SSSR count). The van der Waals surface area contributed by atoms with Crippen LogP contribution in [0.2, 0.25) is 5.02 Å². The van der Waals surface area contributed by atoms with Gasteiger partial charge in [-0.3, -0.25) is 14.5 Å². The lowest BCUT2D eigenvalue weighted by molar-refractivity contribution is -0.141. The number of benzene rings is 3. The molecule has 408 valence electrons. The lowest BCUT2D eigenvalue weighted by Gasteiger charge is -2.34. The van der Waals surface area contributed by atoms with Crippen LogP contribution in [0.5, 0.6) is 11.9 Å². The van der Waals surface area contributed by atoms with Gasteiger partial charge < -0.3 is 45.3 Å². The zero-order valence-corrected chi connectivity index (χ0v) is 46.0. The number of rotatable bonds is 16. The first-order chi connectivity index (χ1) is 37.6. The molecule has 7 aromatic rings. The van der Waals surface area contributed by atoms with E-state index in [1.807, 2.05) is 57.5 Å². The summed E-state index contributed by atoms with van der Waals surface area (Å²) < 4.78 is 50.6. The van der Waals surface area contributed by atoms with Crippen molar-refractivity contribution in [1.29, 1.82) is 5.26 Å². The summed E-state index contributed by atoms with van der Waals surface area (Å²) in [6, 6.07) is 15.3. The highest BCUT2D eigenvalue weighted by atomic mass is 35.5. The normalized spacial score (nSPS) is 20.7. The van der Waals surface area contributed by atoms with Crippen molar-refractivity contribution in [2.75, 3.05) is 63.1 Å². The number of β-amino-alcohol motifs (C(OH)–C–C–N with tert-alkyl or cyclic N) is 1. The van der Waals surface area contributed by atoms with Crippen LogP contribution < -0.4 is 30.7 Å². The Morgan fingerprint density at radius 1 is 1.04 bits per heavy atom. The second kappa shape index (κ2) is 22.3. The minimum absolute atomic E-state index is 0.00229. The number of aryl methyl sites for hydroxylation is 1. The van der Waals surface area contributed by atoms with Crippen LogP contribution in [-0.2, 0) is 9.59 Å². The first-order valence-electron chi connectivity index (χ1n) is 26.5. The highest BCUT2D eigenvalue weighted by Crippen LogP contribution is 2.46. The van der Waals surface area contributed by atoms with E-state index in [4.69, 9.17) is 36.3 Å². The van der Waals surface area contributed by atoms with Gasteiger partial charge in [-0.15, -0.1) is 22.7 Å². The Bertz CT molecular complexity index is 3420. The number of piperidine rings is 1. The first kappa shape index (κ1) is 53.5. The number of aliphatic hydroxyl groups excluding tert-OH is 1. The number of nitrogens with one attached hydrogen (secondary N) is 2. The summed E-state index contributed by atoms with van der Waals surface area (Å²) in [5.74, 6) is -1.64. The van der Waals surface area contributed by atoms with Crippen molar-refractivity contribution in [3.8, 4) is 39.5 Å². The third kappa shape index (κ3) is 10.6. The largest absolute Gasteiger partial charge is 0.475 e. The number of carbonyl (C=O) groups excluding carboxylic acids is 2. The molecule has 22 heteroatoms. The summed E-state index contributed by atoms with van der Waals surface area (Å²) in [6.07, 6.45) is 2.98. The number of aliphatic hydroxyl groups is 1. The molecule has 4 saturated heterocycles. The van der Waals surface area contributed by atoms with E-state index in [2.05, 4.69) is 41.6 Å². The number of nitrogens with zero attached hydrogens (tertiary/aromatic N) is 8. The van der Waals surface area contributed by atoms with Crippen LogP contribution in [0.25, 0.3) is 42.6 Å². The fourth-order valence-electron chi connectivity index (χ4n) is 11.6. The number of amides is 2. The van der Waals surface area contributed by atoms with Crippen molar-refractivity contribution in [1.82, 2.24) is 40.5 Å². The summed E-state index contributed by atoms with van der Waals surface area (Å²) in [6.45, 7) is 11.8. The fraction of sp³-hybridized carbons (Fsp3) is 0.446. The molecular weight excluding hydrogens is 1060 g/mol. The number of anilines is 2. The average molecular weight is 1120 g/mol. The number of likely N-dealkylation sites (tertiary alicyclic amines) is 2. The minimum Gasteiger partial charge on any atom is -0.475 e. The molecule has 2 amide bonds. The van der Waals surface area contributed by atoms with Crippen LogP contribution in [0.3, 0.4) is 0 Å². The van der Waals surface area contributed by atoms with Gasteiger partial charge in [0, 0.05) is 67.1 Å². The Morgan fingerprint density at radius 3 is 2.50 bits per heavy atom. The summed E-state index contributed by atoms with van der Waals surface area (Å²) in [5.41, 5.74) is 11.2. The molecule has 4 aromatic heterocycles. The maximum Gasteiger partial charge on any atom is 0.319 e. The number of thiophene rings is 1. The fourth-order valence-corrected chi connectivity index (χ4v) is 13.7. The number of thiazole rings is 1. The summed E-state index contributed by atoms with van der Waals surface area (Å²) in [5, 5.41) is 32.4. The third-order valence-electron chi connectivity index (χ3n) is 15.8. The number of nitrogen functional groups attached to an aromatic ring is 1. The number of aromatic nitrogens is 4. The number of hydrogen-bond acceptors (Lipinski definition) is 17. The van der Waals surface area contributed by atoms with Gasteiger partial charge in [-0.1, -0.05) is 55.8 Å². The molecule has 4 fully saturated rings. The van der Waals surface area contributed by atoms with Gasteiger partial charge in [0.25, 0.3) is 5.88 Å². The Labute approximate surface area is 462 Å². The van der Waals surface area contributed by atoms with Gasteiger partial charge in [-0.05, 0) is 98.4 Å². The zero-order valence-electron chi connectivity index (χ0n) is 43.6. The summed E-state index contributed by atoms with van der Waals surface area (Å²) >= 11 is 9.44. The molecule has 4 aliphatic heterocycles. The van der Waals surface area contributed by atoms with E-state index >= 15 is 8.78 Å². The predicted molar refractivity (Wildman–Crippen MR) is 296 cm³/mol. The summed E-state index contributed by atoms with van der Waals surface area (Å²) in [4.78, 5) is 48.9. The van der Waals surface area contributed by atoms with Crippen molar-refractivity contribution in [3.63, 3.8) is 0 Å². The number of hydrogen-bond donors (Lipinski definition) is 4. The standard InChI is InChI=1S/C56H60ClF2N11O6S2/c1-28(2)45(55(73)70-25-36(71)19-42(70)54(72)63-29(3)32-5-7-33(8-6-32)50-30(4)62-27-77-50)43-21-44(67-76-43)75-26-31-13-15-68(16-14-31)17-18-74-56-65-49-38(53(66-56)69-23-34-9-10-35(24-69)64-34)20-40(57)47(48(49)59)37-11-12-41(58)51-46(37)39(22-60)52(61)78-51/h5-8,11-12,20-21,27-29,31,34-36,42,45,64,71H,9-10,13-19,23-26,61H2,1-4H3,(H,63,72)/t29-,34?,35?,36+,42-,45+/m0/s1. The van der Waals surface area contributed by atoms with Crippen LogP contribution in [0.4, 0.5) is 19.6 Å². The van der Waals surface area contributed by atoms with E-state index in [-0.39, 0.29) is 116 Å². The zero-order chi connectivity index (χ0) is 54.5. The maximum atomic E-state index is 17.2. The van der Waals surface area contributed by atoms with Crippen molar-refractivity contribution in [2.24, 2.45) is 11.8 Å². The predicted octanol–water partition coefficient (Wildman–Crippen LogP) is 9.01. The van der Waals surface area contributed by atoms with E-state index in [1.54, 1.807) is 23.5 Å². The van der Waals surface area contributed by atoms with E-state index < -0.39 is 29.7 Å². The molecule has 6 atom stereocenters. The molecule has 78 heavy (non-hydrogen) atoms. The van der Waals surface area contributed by atoms with Crippen molar-refractivity contribution >= 4 is 77.9 Å². The van der Waals surface area contributed by atoms with Gasteiger partial charge in [0.05, 0.1) is 50.1 Å². The number of carbonyl (C=O) groups is 2. The molecular formula is C56H60ClF2N11O6S2. The molecule has 8 heterocycles. The average Bonchev–Trinajstić information content (AvgIpc) is 4.37. The smallest absolute Gasteiger partial charge is 0.319 e. The second-order valence-electron chi connectivity index (χ2n) is 21.3. The van der Waals surface area contributed by atoms with Gasteiger partial charge in [0.15, 0.2) is 11.6 Å². The molecule has 0 spiro atoms. The molecule has 5 N–H and O–H groups in total. The van der Waals surface area contributed by atoms with Crippen molar-refractivity contribution < 1.29 is 37.5 Å². The SMILES string of the molecule is Cc1ncsc1-c1ccc([C@H](C)NC(=O)[C@@H]2C[C@@H](O)CN2C(=O)[C@@H](c2cc(OCC3CCN(CCOc4nc(N5CC6CCC(C5)N6)c5cc(Cl)c(-c6ccc(F)c7sc(N)c(C#N)c67)c(F)c5n4)CC3)no2)C(C)C)cc1. The monoisotopic (exact) mass is 1120 g/mol. The highest BCUT2D eigenvalue weighted by Gasteiger charge is 2.44. The highest BCUT2D eigenvalue weighted by molar-refractivity contribution is 7.23. The van der Waals surface area contributed by atoms with Crippen LogP contribution in [0.15, 0.2) is 58.6 Å². The number of piperazine rings is 1. The van der Waals surface area contributed by atoms with Crippen LogP contribution in [0.1, 0.15) is 87.4 Å². The number of fused-ring (bicyclic) bond motifs is 4. The molecule has 4 aliphatic rings. The molecule has 2 bridgehead atoms. The van der Waals surface area contributed by atoms with Crippen molar-refractivity contribution in [3.05, 3.63) is 93.3 Å². The lowest BCUT2D eigenvalue weighted by Crippen LogP contribution is -2.51. The van der Waals surface area contributed by atoms with Gasteiger partial charge in [-0.2, -0.15) is 15.2 Å². The Balaban J connectivity index is 0.707. The molecule has 2 unspecified atom stereocenters. The maximum absolute atomic E-state index is 17.2. The Hall–Kier alpha value is -6.54. The first-order valence-corrected chi connectivity index (χ1v) is 28.5. The Morgan fingerprint density at radius 2 is 1.79 bits per heavy atom. The molecule has 17 nitrogen and oxygen atoms in total.